The van der Waals surface area contributed by atoms with E-state index >= 15 is 0 Å². The van der Waals surface area contributed by atoms with Crippen molar-refractivity contribution < 1.29 is 19.2 Å². The van der Waals surface area contributed by atoms with Crippen molar-refractivity contribution in [2.75, 3.05) is 12.4 Å². The van der Waals surface area contributed by atoms with E-state index in [9.17, 15) is 14.9 Å². The standard InChI is InChI=1S/C17H18N2O5/c1-11-6-4-5-7-16(11)24-12(2)17(20)18-14-9-8-13(23-3)10-15(14)19(21)22/h4-10,12H,1-3H3,(H,18,20)/t12-/m1/s1. The number of nitro groups is 1. The summed E-state index contributed by atoms with van der Waals surface area (Å²) >= 11 is 0. The predicted octanol–water partition coefficient (Wildman–Crippen LogP) is 3.32. The number of rotatable bonds is 6. The molecule has 1 atom stereocenters. The number of carbonyl (C=O) groups excluding carboxylic acids is 1. The molecule has 0 saturated carbocycles. The van der Waals surface area contributed by atoms with Crippen LogP contribution in [0.3, 0.4) is 0 Å². The van der Waals surface area contributed by atoms with Crippen LogP contribution in [0.15, 0.2) is 42.5 Å². The summed E-state index contributed by atoms with van der Waals surface area (Å²) in [7, 11) is 1.41. The normalized spacial score (nSPS) is 11.5. The number of hydrogen-bond donors (Lipinski definition) is 1. The highest BCUT2D eigenvalue weighted by Crippen LogP contribution is 2.29. The molecule has 0 aliphatic rings. The SMILES string of the molecule is COc1ccc(NC(=O)[C@@H](C)Oc2ccccc2C)c([N+](=O)[O-])c1. The third kappa shape index (κ3) is 4.01. The van der Waals surface area contributed by atoms with Crippen molar-refractivity contribution in [2.45, 2.75) is 20.0 Å². The van der Waals surface area contributed by atoms with Gasteiger partial charge in [0.2, 0.25) is 0 Å². The Morgan fingerprint density at radius 1 is 1.25 bits per heavy atom. The summed E-state index contributed by atoms with van der Waals surface area (Å²) in [6.45, 7) is 3.45. The molecular formula is C17H18N2O5. The molecule has 7 heteroatoms. The average Bonchev–Trinajstić information content (AvgIpc) is 2.57. The number of nitro benzene ring substituents is 1. The molecule has 2 rings (SSSR count). The van der Waals surface area contributed by atoms with Crippen molar-refractivity contribution in [3.05, 3.63) is 58.1 Å². The summed E-state index contributed by atoms with van der Waals surface area (Å²) in [6.07, 6.45) is -0.812. The van der Waals surface area contributed by atoms with Crippen molar-refractivity contribution in [3.63, 3.8) is 0 Å². The number of benzene rings is 2. The number of anilines is 1. The summed E-state index contributed by atoms with van der Waals surface area (Å²) in [6, 6.07) is 11.5. The molecule has 0 saturated heterocycles. The number of ether oxygens (including phenoxy) is 2. The zero-order chi connectivity index (χ0) is 17.7. The first-order chi connectivity index (χ1) is 11.4. The minimum atomic E-state index is -0.812. The monoisotopic (exact) mass is 330 g/mol. The van der Waals surface area contributed by atoms with E-state index in [2.05, 4.69) is 5.32 Å². The van der Waals surface area contributed by atoms with Crippen LogP contribution in [0.1, 0.15) is 12.5 Å². The Bertz CT molecular complexity index is 760. The van der Waals surface area contributed by atoms with Gasteiger partial charge in [-0.2, -0.15) is 0 Å². The number of nitrogens with one attached hydrogen (secondary N) is 1. The molecule has 126 valence electrons. The smallest absolute Gasteiger partial charge is 0.296 e. The topological polar surface area (TPSA) is 90.7 Å². The molecule has 0 heterocycles. The molecule has 24 heavy (non-hydrogen) atoms. The molecule has 0 aliphatic heterocycles. The highest BCUT2D eigenvalue weighted by atomic mass is 16.6. The van der Waals surface area contributed by atoms with Crippen LogP contribution < -0.4 is 14.8 Å². The number of methoxy groups -OCH3 is 1. The number of hydrogen-bond acceptors (Lipinski definition) is 5. The largest absolute Gasteiger partial charge is 0.496 e. The van der Waals surface area contributed by atoms with E-state index in [1.807, 2.05) is 19.1 Å². The fraction of sp³-hybridized carbons (Fsp3) is 0.235. The lowest BCUT2D eigenvalue weighted by Gasteiger charge is -2.16. The lowest BCUT2D eigenvalue weighted by Crippen LogP contribution is -2.30. The van der Waals surface area contributed by atoms with Crippen LogP contribution in [0, 0.1) is 17.0 Å². The van der Waals surface area contributed by atoms with Gasteiger partial charge in [-0.05, 0) is 37.6 Å². The van der Waals surface area contributed by atoms with Crippen LogP contribution in [0.25, 0.3) is 0 Å². The molecule has 7 nitrogen and oxygen atoms in total. The van der Waals surface area contributed by atoms with Crippen LogP contribution in [0.5, 0.6) is 11.5 Å². The molecular weight excluding hydrogens is 312 g/mol. The van der Waals surface area contributed by atoms with Crippen LogP contribution in [-0.4, -0.2) is 24.0 Å². The van der Waals surface area contributed by atoms with Gasteiger partial charge >= 0.3 is 0 Å². The van der Waals surface area contributed by atoms with E-state index < -0.39 is 16.9 Å². The molecule has 0 bridgehead atoms. The molecule has 1 N–H and O–H groups in total. The number of aryl methyl sites for hydroxylation is 1. The number of para-hydroxylation sites is 1. The molecule has 0 unspecified atom stereocenters. The third-order valence-corrected chi connectivity index (χ3v) is 3.43. The zero-order valence-electron chi connectivity index (χ0n) is 13.6. The predicted molar refractivity (Wildman–Crippen MR) is 89.5 cm³/mol. The van der Waals surface area contributed by atoms with E-state index in [1.165, 1.54) is 25.3 Å². The Labute approximate surface area is 139 Å². The van der Waals surface area contributed by atoms with Crippen molar-refractivity contribution in [2.24, 2.45) is 0 Å². The summed E-state index contributed by atoms with van der Waals surface area (Å²) < 4.78 is 10.6. The minimum absolute atomic E-state index is 0.0889. The number of nitrogens with zero attached hydrogens (tertiary/aromatic N) is 1. The lowest BCUT2D eigenvalue weighted by atomic mass is 10.2. The van der Waals surface area contributed by atoms with Gasteiger partial charge in [0.05, 0.1) is 18.1 Å². The molecule has 0 aliphatic carbocycles. The third-order valence-electron chi connectivity index (χ3n) is 3.43. The zero-order valence-corrected chi connectivity index (χ0v) is 13.6. The van der Waals surface area contributed by atoms with E-state index in [1.54, 1.807) is 19.1 Å². The number of carbonyl (C=O) groups is 1. The van der Waals surface area contributed by atoms with Gasteiger partial charge in [-0.25, -0.2) is 0 Å². The second-order valence-electron chi connectivity index (χ2n) is 5.16. The van der Waals surface area contributed by atoms with Gasteiger partial charge in [0.15, 0.2) is 6.10 Å². The highest BCUT2D eigenvalue weighted by molar-refractivity contribution is 5.96. The van der Waals surface area contributed by atoms with Gasteiger partial charge in [-0.15, -0.1) is 0 Å². The van der Waals surface area contributed by atoms with Gasteiger partial charge < -0.3 is 14.8 Å². The maximum absolute atomic E-state index is 12.3. The summed E-state index contributed by atoms with van der Waals surface area (Å²) in [5.41, 5.74) is 0.740. The average molecular weight is 330 g/mol. The van der Waals surface area contributed by atoms with E-state index in [0.29, 0.717) is 11.5 Å². The van der Waals surface area contributed by atoms with Crippen LogP contribution in [0.4, 0.5) is 11.4 Å². The first-order valence-electron chi connectivity index (χ1n) is 7.28. The first-order valence-corrected chi connectivity index (χ1v) is 7.28. The van der Waals surface area contributed by atoms with Crippen LogP contribution in [0.2, 0.25) is 0 Å². The second kappa shape index (κ2) is 7.45. The van der Waals surface area contributed by atoms with Crippen molar-refractivity contribution in [1.29, 1.82) is 0 Å². The Morgan fingerprint density at radius 3 is 2.58 bits per heavy atom. The summed E-state index contributed by atoms with van der Waals surface area (Å²) in [5.74, 6) is 0.444. The molecule has 2 aromatic rings. The molecule has 0 aromatic heterocycles. The molecule has 0 spiro atoms. The summed E-state index contributed by atoms with van der Waals surface area (Å²) in [4.78, 5) is 22.8. The van der Waals surface area contributed by atoms with E-state index in [-0.39, 0.29) is 11.4 Å². The fourth-order valence-electron chi connectivity index (χ4n) is 2.06. The van der Waals surface area contributed by atoms with Crippen molar-refractivity contribution >= 4 is 17.3 Å². The minimum Gasteiger partial charge on any atom is -0.496 e. The van der Waals surface area contributed by atoms with Gasteiger partial charge in [-0.1, -0.05) is 18.2 Å². The lowest BCUT2D eigenvalue weighted by molar-refractivity contribution is -0.384. The highest BCUT2D eigenvalue weighted by Gasteiger charge is 2.21. The summed E-state index contributed by atoms with van der Waals surface area (Å²) in [5, 5.41) is 13.7. The van der Waals surface area contributed by atoms with E-state index in [0.717, 1.165) is 5.56 Å². The quantitative estimate of drug-likeness (QED) is 0.648. The van der Waals surface area contributed by atoms with Gasteiger partial charge in [0.25, 0.3) is 11.6 Å². The Morgan fingerprint density at radius 2 is 1.96 bits per heavy atom. The Balaban J connectivity index is 2.14. The maximum atomic E-state index is 12.3. The van der Waals surface area contributed by atoms with Crippen LogP contribution in [-0.2, 0) is 4.79 Å². The Hall–Kier alpha value is -3.09. The van der Waals surface area contributed by atoms with Gasteiger partial charge in [0, 0.05) is 0 Å². The van der Waals surface area contributed by atoms with Crippen molar-refractivity contribution in [3.8, 4) is 11.5 Å². The molecule has 2 aromatic carbocycles. The first kappa shape index (κ1) is 17.3. The van der Waals surface area contributed by atoms with E-state index in [4.69, 9.17) is 9.47 Å². The Kier molecular flexibility index (Phi) is 5.36. The van der Waals surface area contributed by atoms with Crippen LogP contribution >= 0.6 is 0 Å². The molecule has 0 fully saturated rings. The molecule has 1 amide bonds. The maximum Gasteiger partial charge on any atom is 0.296 e. The number of amides is 1. The van der Waals surface area contributed by atoms with Gasteiger partial charge in [0.1, 0.15) is 17.2 Å². The molecule has 0 radical (unpaired) electrons. The van der Waals surface area contributed by atoms with Crippen molar-refractivity contribution in [1.82, 2.24) is 0 Å². The van der Waals surface area contributed by atoms with Gasteiger partial charge in [-0.3, -0.25) is 14.9 Å². The fourth-order valence-corrected chi connectivity index (χ4v) is 2.06. The second-order valence-corrected chi connectivity index (χ2v) is 5.16.